The van der Waals surface area contributed by atoms with Crippen LogP contribution in [0.1, 0.15) is 24.1 Å². The number of nitrogens with zero attached hydrogens (tertiary/aromatic N) is 1. The standard InChI is InChI=1S/C23H24N2O6/c1-4-31-22(29)23(14-8-6-5-7-9-14)18-17(20(27)25(2)21(18)28)19(24-23)13-10-11-15(26)16(12-13)30-3/h5-12,17-19,24,26H,4H2,1-3H3/t17-,18-,19-,23+/m0/s1. The highest BCUT2D eigenvalue weighted by molar-refractivity contribution is 6.09. The summed E-state index contributed by atoms with van der Waals surface area (Å²) in [6.07, 6.45) is 0. The molecular formula is C23H24N2O6. The molecule has 0 saturated carbocycles. The van der Waals surface area contributed by atoms with Crippen molar-refractivity contribution in [2.45, 2.75) is 18.5 Å². The molecule has 0 spiro atoms. The Kier molecular flexibility index (Phi) is 5.18. The summed E-state index contributed by atoms with van der Waals surface area (Å²) in [7, 11) is 2.85. The molecule has 8 nitrogen and oxygen atoms in total. The molecule has 2 aromatic rings. The van der Waals surface area contributed by atoms with E-state index >= 15 is 0 Å². The minimum Gasteiger partial charge on any atom is -0.504 e. The van der Waals surface area contributed by atoms with Crippen molar-refractivity contribution in [3.05, 3.63) is 59.7 Å². The van der Waals surface area contributed by atoms with E-state index in [-0.39, 0.29) is 24.0 Å². The van der Waals surface area contributed by atoms with Gasteiger partial charge in [0.1, 0.15) is 0 Å². The molecule has 162 valence electrons. The number of carbonyl (C=O) groups excluding carboxylic acids is 3. The van der Waals surface area contributed by atoms with Gasteiger partial charge < -0.3 is 14.6 Å². The lowest BCUT2D eigenvalue weighted by atomic mass is 9.75. The number of amides is 2. The van der Waals surface area contributed by atoms with Crippen LogP contribution in [0, 0.1) is 11.8 Å². The molecule has 0 aliphatic carbocycles. The maximum absolute atomic E-state index is 13.4. The summed E-state index contributed by atoms with van der Waals surface area (Å²) in [4.78, 5) is 40.8. The Hall–Kier alpha value is -3.39. The summed E-state index contributed by atoms with van der Waals surface area (Å²) in [5, 5.41) is 13.3. The number of aromatic hydroxyl groups is 1. The van der Waals surface area contributed by atoms with Crippen LogP contribution in [0.5, 0.6) is 11.5 Å². The van der Waals surface area contributed by atoms with Gasteiger partial charge in [-0.2, -0.15) is 0 Å². The van der Waals surface area contributed by atoms with E-state index in [2.05, 4.69) is 5.32 Å². The average Bonchev–Trinajstić information content (AvgIpc) is 3.25. The lowest BCUT2D eigenvalue weighted by molar-refractivity contribution is -0.156. The number of rotatable bonds is 5. The number of imide groups is 1. The Morgan fingerprint density at radius 2 is 1.87 bits per heavy atom. The molecule has 2 saturated heterocycles. The first-order valence-electron chi connectivity index (χ1n) is 10.1. The molecule has 2 aromatic carbocycles. The van der Waals surface area contributed by atoms with E-state index in [4.69, 9.17) is 9.47 Å². The Morgan fingerprint density at radius 1 is 1.16 bits per heavy atom. The van der Waals surface area contributed by atoms with Crippen LogP contribution >= 0.6 is 0 Å². The highest BCUT2D eigenvalue weighted by atomic mass is 16.5. The predicted molar refractivity (Wildman–Crippen MR) is 110 cm³/mol. The van der Waals surface area contributed by atoms with Crippen LogP contribution in [0.3, 0.4) is 0 Å². The number of phenolic OH excluding ortho intramolecular Hbond substituents is 1. The minimum atomic E-state index is -1.53. The summed E-state index contributed by atoms with van der Waals surface area (Å²) in [5.74, 6) is -3.04. The second-order valence-corrected chi connectivity index (χ2v) is 7.69. The van der Waals surface area contributed by atoms with Crippen molar-refractivity contribution in [3.8, 4) is 11.5 Å². The number of hydrogen-bond donors (Lipinski definition) is 2. The molecular weight excluding hydrogens is 400 g/mol. The highest BCUT2D eigenvalue weighted by Crippen LogP contribution is 2.53. The molecule has 2 heterocycles. The molecule has 31 heavy (non-hydrogen) atoms. The molecule has 2 aliphatic rings. The first-order valence-corrected chi connectivity index (χ1v) is 10.1. The van der Waals surface area contributed by atoms with Gasteiger partial charge in [-0.25, -0.2) is 4.79 Å². The van der Waals surface area contributed by atoms with Gasteiger partial charge in [-0.3, -0.25) is 19.8 Å². The molecule has 2 N–H and O–H groups in total. The summed E-state index contributed by atoms with van der Waals surface area (Å²) < 4.78 is 10.6. The largest absolute Gasteiger partial charge is 0.504 e. The number of likely N-dealkylation sites (tertiary alicyclic amines) is 1. The van der Waals surface area contributed by atoms with Crippen molar-refractivity contribution in [1.29, 1.82) is 0 Å². The SMILES string of the molecule is CCOC(=O)[C@]1(c2ccccc2)N[C@@H](c2ccc(O)c(OC)c2)[C@H]2C(=O)N(C)C(=O)[C@H]21. The Bertz CT molecular complexity index is 1040. The van der Waals surface area contributed by atoms with Crippen LogP contribution in [0.15, 0.2) is 48.5 Å². The van der Waals surface area contributed by atoms with Gasteiger partial charge in [-0.15, -0.1) is 0 Å². The number of hydrogen-bond acceptors (Lipinski definition) is 7. The second kappa shape index (κ2) is 7.70. The van der Waals surface area contributed by atoms with Crippen molar-refractivity contribution >= 4 is 17.8 Å². The van der Waals surface area contributed by atoms with E-state index in [1.165, 1.54) is 20.2 Å². The quantitative estimate of drug-likeness (QED) is 0.556. The van der Waals surface area contributed by atoms with Gasteiger partial charge in [0.15, 0.2) is 17.0 Å². The Morgan fingerprint density at radius 3 is 2.52 bits per heavy atom. The summed E-state index contributed by atoms with van der Waals surface area (Å²) in [5.41, 5.74) is -0.369. The maximum Gasteiger partial charge on any atom is 0.331 e. The van der Waals surface area contributed by atoms with Gasteiger partial charge in [-0.1, -0.05) is 36.4 Å². The lowest BCUT2D eigenvalue weighted by Crippen LogP contribution is -2.53. The number of esters is 1. The average molecular weight is 424 g/mol. The van der Waals surface area contributed by atoms with Crippen LogP contribution < -0.4 is 10.1 Å². The number of nitrogens with one attached hydrogen (secondary N) is 1. The van der Waals surface area contributed by atoms with Crippen LogP contribution in [0.4, 0.5) is 0 Å². The molecule has 0 radical (unpaired) electrons. The van der Waals surface area contributed by atoms with Crippen LogP contribution in [-0.4, -0.2) is 48.6 Å². The summed E-state index contributed by atoms with van der Waals surface area (Å²) in [6, 6.07) is 12.9. The normalized spacial score (nSPS) is 27.3. The van der Waals surface area contributed by atoms with Gasteiger partial charge in [0.05, 0.1) is 25.6 Å². The fourth-order valence-corrected chi connectivity index (χ4v) is 4.74. The van der Waals surface area contributed by atoms with Crippen LogP contribution in [0.2, 0.25) is 0 Å². The minimum absolute atomic E-state index is 0.0496. The molecule has 4 rings (SSSR count). The van der Waals surface area contributed by atoms with E-state index in [1.807, 2.05) is 6.07 Å². The first kappa shape index (κ1) is 20.9. The third kappa shape index (κ3) is 2.97. The van der Waals surface area contributed by atoms with Crippen molar-refractivity contribution in [3.63, 3.8) is 0 Å². The molecule has 8 heteroatoms. The summed E-state index contributed by atoms with van der Waals surface area (Å²) in [6.45, 7) is 1.82. The Balaban J connectivity index is 1.93. The van der Waals surface area contributed by atoms with Crippen LogP contribution in [-0.2, 0) is 24.7 Å². The number of methoxy groups -OCH3 is 1. The third-order valence-corrected chi connectivity index (χ3v) is 6.17. The molecule has 0 aromatic heterocycles. The first-order chi connectivity index (χ1) is 14.9. The molecule has 4 atom stereocenters. The zero-order valence-corrected chi connectivity index (χ0v) is 17.5. The smallest absolute Gasteiger partial charge is 0.331 e. The molecule has 2 amide bonds. The zero-order chi connectivity index (χ0) is 22.3. The van der Waals surface area contributed by atoms with Crippen molar-refractivity contribution in [2.24, 2.45) is 11.8 Å². The fraction of sp³-hybridized carbons (Fsp3) is 0.348. The molecule has 2 fully saturated rings. The van der Waals surface area contributed by atoms with E-state index < -0.39 is 35.3 Å². The number of phenols is 1. The number of carbonyl (C=O) groups is 3. The third-order valence-electron chi connectivity index (χ3n) is 6.17. The Labute approximate surface area is 179 Å². The second-order valence-electron chi connectivity index (χ2n) is 7.69. The van der Waals surface area contributed by atoms with Gasteiger partial charge >= 0.3 is 5.97 Å². The lowest BCUT2D eigenvalue weighted by Gasteiger charge is -2.33. The van der Waals surface area contributed by atoms with Crippen molar-refractivity contribution < 1.29 is 29.0 Å². The fourth-order valence-electron chi connectivity index (χ4n) is 4.74. The topological polar surface area (TPSA) is 105 Å². The van der Waals surface area contributed by atoms with E-state index in [1.54, 1.807) is 43.3 Å². The van der Waals surface area contributed by atoms with E-state index in [0.717, 1.165) is 4.90 Å². The molecule has 2 aliphatic heterocycles. The van der Waals surface area contributed by atoms with Gasteiger partial charge in [0.2, 0.25) is 11.8 Å². The van der Waals surface area contributed by atoms with E-state index in [0.29, 0.717) is 11.1 Å². The predicted octanol–water partition coefficient (Wildman–Crippen LogP) is 1.73. The van der Waals surface area contributed by atoms with Crippen molar-refractivity contribution in [2.75, 3.05) is 20.8 Å². The molecule has 0 unspecified atom stereocenters. The van der Waals surface area contributed by atoms with Crippen LogP contribution in [0.25, 0.3) is 0 Å². The number of ether oxygens (including phenoxy) is 2. The van der Waals surface area contributed by atoms with Gasteiger partial charge in [0.25, 0.3) is 0 Å². The number of fused-ring (bicyclic) bond motifs is 1. The zero-order valence-electron chi connectivity index (χ0n) is 17.5. The van der Waals surface area contributed by atoms with Gasteiger partial charge in [0, 0.05) is 13.1 Å². The summed E-state index contributed by atoms with van der Waals surface area (Å²) >= 11 is 0. The monoisotopic (exact) mass is 424 g/mol. The number of benzene rings is 2. The molecule has 0 bridgehead atoms. The maximum atomic E-state index is 13.4. The van der Waals surface area contributed by atoms with E-state index in [9.17, 15) is 19.5 Å². The van der Waals surface area contributed by atoms with Crippen molar-refractivity contribution in [1.82, 2.24) is 10.2 Å². The highest BCUT2D eigenvalue weighted by Gasteiger charge is 2.69. The van der Waals surface area contributed by atoms with Gasteiger partial charge in [-0.05, 0) is 30.2 Å².